The number of fused-ring (bicyclic) bond motifs is 3. The largest absolute Gasteiger partial charge is 0.487 e. The SMILES string of the molecule is CCCc1cc(Br)c2c(c1)[C@]1(CCC)C=C(Br)C(=O)C[C@@H]1O2. The summed E-state index contributed by atoms with van der Waals surface area (Å²) < 4.78 is 7.93. The van der Waals surface area contributed by atoms with E-state index in [1.807, 2.05) is 0 Å². The quantitative estimate of drug-likeness (QED) is 0.638. The van der Waals surface area contributed by atoms with Crippen molar-refractivity contribution in [3.63, 3.8) is 0 Å². The number of halogens is 2. The van der Waals surface area contributed by atoms with Gasteiger partial charge in [0.2, 0.25) is 0 Å². The predicted octanol–water partition coefficient (Wildman–Crippen LogP) is 5.45. The molecule has 0 unspecified atom stereocenters. The molecule has 118 valence electrons. The maximum Gasteiger partial charge on any atom is 0.173 e. The molecule has 0 spiro atoms. The number of Topliss-reactive ketones (excluding diaryl/α,β-unsaturated/α-hetero) is 1. The Hall–Kier alpha value is -0.610. The molecule has 0 saturated heterocycles. The van der Waals surface area contributed by atoms with E-state index in [1.54, 1.807) is 0 Å². The Morgan fingerprint density at radius 3 is 2.73 bits per heavy atom. The number of hydrogen-bond acceptors (Lipinski definition) is 2. The van der Waals surface area contributed by atoms with Gasteiger partial charge in [0.05, 0.1) is 14.4 Å². The highest BCUT2D eigenvalue weighted by Crippen LogP contribution is 2.54. The van der Waals surface area contributed by atoms with Gasteiger partial charge in [0.1, 0.15) is 11.9 Å². The second-order valence-corrected chi connectivity index (χ2v) is 7.93. The van der Waals surface area contributed by atoms with Crippen LogP contribution >= 0.6 is 31.9 Å². The van der Waals surface area contributed by atoms with E-state index in [2.05, 4.69) is 63.9 Å². The summed E-state index contributed by atoms with van der Waals surface area (Å²) in [6.07, 6.45) is 6.69. The lowest BCUT2D eigenvalue weighted by Crippen LogP contribution is -2.41. The molecule has 2 atom stereocenters. The third kappa shape index (κ3) is 2.48. The summed E-state index contributed by atoms with van der Waals surface area (Å²) in [5.41, 5.74) is 2.39. The van der Waals surface area contributed by atoms with Crippen LogP contribution in [0.25, 0.3) is 0 Å². The van der Waals surface area contributed by atoms with Gasteiger partial charge in [-0.3, -0.25) is 4.79 Å². The van der Waals surface area contributed by atoms with Crippen molar-refractivity contribution >= 4 is 37.6 Å². The number of aryl methyl sites for hydroxylation is 1. The van der Waals surface area contributed by atoms with Crippen molar-refractivity contribution in [2.75, 3.05) is 0 Å². The first-order chi connectivity index (χ1) is 10.5. The van der Waals surface area contributed by atoms with E-state index in [-0.39, 0.29) is 17.3 Å². The number of carbonyl (C=O) groups is 1. The van der Waals surface area contributed by atoms with E-state index in [9.17, 15) is 4.79 Å². The summed E-state index contributed by atoms with van der Waals surface area (Å²) >= 11 is 7.12. The first-order valence-corrected chi connectivity index (χ1v) is 9.51. The summed E-state index contributed by atoms with van der Waals surface area (Å²) in [6, 6.07) is 4.44. The Labute approximate surface area is 148 Å². The van der Waals surface area contributed by atoms with Crippen LogP contribution in [0.4, 0.5) is 0 Å². The van der Waals surface area contributed by atoms with Gasteiger partial charge < -0.3 is 4.74 Å². The lowest BCUT2D eigenvalue weighted by molar-refractivity contribution is -0.117. The van der Waals surface area contributed by atoms with E-state index < -0.39 is 0 Å². The van der Waals surface area contributed by atoms with Crippen LogP contribution in [0.3, 0.4) is 0 Å². The normalized spacial score (nSPS) is 26.3. The maximum absolute atomic E-state index is 12.1. The molecule has 3 rings (SSSR count). The molecule has 22 heavy (non-hydrogen) atoms. The zero-order chi connectivity index (χ0) is 15.9. The lowest BCUT2D eigenvalue weighted by atomic mass is 9.69. The molecule has 0 fully saturated rings. The van der Waals surface area contributed by atoms with Crippen molar-refractivity contribution in [3.05, 3.63) is 38.3 Å². The highest BCUT2D eigenvalue weighted by atomic mass is 79.9. The van der Waals surface area contributed by atoms with Crippen molar-refractivity contribution in [2.24, 2.45) is 0 Å². The third-order valence-electron chi connectivity index (χ3n) is 4.66. The fourth-order valence-electron chi connectivity index (χ4n) is 3.72. The minimum atomic E-state index is -0.177. The van der Waals surface area contributed by atoms with Gasteiger partial charge in [-0.2, -0.15) is 0 Å². The minimum absolute atomic E-state index is 0.0792. The monoisotopic (exact) mass is 426 g/mol. The second kappa shape index (κ2) is 6.12. The Kier molecular flexibility index (Phi) is 4.52. The van der Waals surface area contributed by atoms with Crippen LogP contribution in [0.2, 0.25) is 0 Å². The van der Waals surface area contributed by atoms with Crippen LogP contribution < -0.4 is 4.74 Å². The summed E-state index contributed by atoms with van der Waals surface area (Å²) in [7, 11) is 0. The first kappa shape index (κ1) is 16.3. The molecule has 0 radical (unpaired) electrons. The Bertz CT molecular complexity index is 651. The van der Waals surface area contributed by atoms with Gasteiger partial charge in [0.15, 0.2) is 5.78 Å². The zero-order valence-electron chi connectivity index (χ0n) is 12.9. The van der Waals surface area contributed by atoms with E-state index >= 15 is 0 Å². The lowest BCUT2D eigenvalue weighted by Gasteiger charge is -2.34. The number of hydrogen-bond donors (Lipinski definition) is 0. The molecule has 0 saturated carbocycles. The molecule has 0 amide bonds. The average Bonchev–Trinajstić information content (AvgIpc) is 2.75. The van der Waals surface area contributed by atoms with E-state index in [0.717, 1.165) is 35.9 Å². The van der Waals surface area contributed by atoms with Crippen molar-refractivity contribution in [1.82, 2.24) is 0 Å². The fraction of sp³-hybridized carbons (Fsp3) is 0.500. The van der Waals surface area contributed by atoms with Crippen LogP contribution in [-0.4, -0.2) is 11.9 Å². The molecule has 2 aliphatic rings. The van der Waals surface area contributed by atoms with Crippen molar-refractivity contribution in [3.8, 4) is 5.75 Å². The highest BCUT2D eigenvalue weighted by Gasteiger charge is 2.51. The molecule has 1 heterocycles. The summed E-state index contributed by atoms with van der Waals surface area (Å²) in [5, 5.41) is 0. The Morgan fingerprint density at radius 2 is 2.05 bits per heavy atom. The molecule has 2 nitrogen and oxygen atoms in total. The molecule has 0 N–H and O–H groups in total. The molecular weight excluding hydrogens is 408 g/mol. The Balaban J connectivity index is 2.18. The minimum Gasteiger partial charge on any atom is -0.487 e. The van der Waals surface area contributed by atoms with Gasteiger partial charge in [-0.1, -0.05) is 38.8 Å². The smallest absolute Gasteiger partial charge is 0.173 e. The molecule has 1 aromatic rings. The van der Waals surface area contributed by atoms with E-state index in [4.69, 9.17) is 4.74 Å². The van der Waals surface area contributed by atoms with Crippen molar-refractivity contribution in [2.45, 2.75) is 57.5 Å². The Morgan fingerprint density at radius 1 is 1.27 bits per heavy atom. The van der Waals surface area contributed by atoms with Gasteiger partial charge >= 0.3 is 0 Å². The maximum atomic E-state index is 12.1. The average molecular weight is 428 g/mol. The van der Waals surface area contributed by atoms with Gasteiger partial charge in [-0.25, -0.2) is 0 Å². The van der Waals surface area contributed by atoms with Crippen LogP contribution in [0, 0.1) is 0 Å². The summed E-state index contributed by atoms with van der Waals surface area (Å²) in [4.78, 5) is 12.1. The van der Waals surface area contributed by atoms with Crippen molar-refractivity contribution < 1.29 is 9.53 Å². The number of rotatable bonds is 4. The molecule has 0 aromatic heterocycles. The third-order valence-corrected chi connectivity index (χ3v) is 5.92. The van der Waals surface area contributed by atoms with Gasteiger partial charge in [0.25, 0.3) is 0 Å². The standard InChI is InChI=1S/C18H20Br2O2/c1-3-5-11-7-12-17(13(19)8-11)22-16-9-15(21)14(20)10-18(12,16)6-4-2/h7-8,10,16H,3-6,9H2,1-2H3/t16-,18-/m0/s1. The second-order valence-electron chi connectivity index (χ2n) is 6.22. The topological polar surface area (TPSA) is 26.3 Å². The number of benzene rings is 1. The molecule has 1 aliphatic carbocycles. The number of ether oxygens (including phenoxy) is 1. The van der Waals surface area contributed by atoms with Gasteiger partial charge in [-0.15, -0.1) is 0 Å². The highest BCUT2D eigenvalue weighted by molar-refractivity contribution is 9.12. The molecule has 0 bridgehead atoms. The number of allylic oxidation sites excluding steroid dienone is 1. The van der Waals surface area contributed by atoms with Gasteiger partial charge in [0, 0.05) is 12.0 Å². The van der Waals surface area contributed by atoms with Crippen LogP contribution in [0.1, 0.15) is 50.7 Å². The zero-order valence-corrected chi connectivity index (χ0v) is 16.1. The van der Waals surface area contributed by atoms with Crippen LogP contribution in [0.15, 0.2) is 27.2 Å². The fourth-order valence-corrected chi connectivity index (χ4v) is 4.89. The summed E-state index contributed by atoms with van der Waals surface area (Å²) in [5.74, 6) is 1.05. The predicted molar refractivity (Wildman–Crippen MR) is 95.8 cm³/mol. The molecular formula is C18H20Br2O2. The number of carbonyl (C=O) groups excluding carboxylic acids is 1. The van der Waals surface area contributed by atoms with E-state index in [1.165, 1.54) is 11.1 Å². The first-order valence-electron chi connectivity index (χ1n) is 7.93. The van der Waals surface area contributed by atoms with Crippen LogP contribution in [0.5, 0.6) is 5.75 Å². The van der Waals surface area contributed by atoms with Crippen molar-refractivity contribution in [1.29, 1.82) is 0 Å². The number of ketones is 1. The summed E-state index contributed by atoms with van der Waals surface area (Å²) in [6.45, 7) is 4.38. The van der Waals surface area contributed by atoms with E-state index in [0.29, 0.717) is 10.9 Å². The molecule has 4 heteroatoms. The molecule has 1 aromatic carbocycles. The molecule has 1 aliphatic heterocycles. The van der Waals surface area contributed by atoms with Crippen LogP contribution in [-0.2, 0) is 16.6 Å². The van der Waals surface area contributed by atoms with Gasteiger partial charge in [-0.05, 0) is 56.3 Å².